The SMILES string of the molecule is c1ccc(-c2ccc(-c3nc(-c4ccccc4)nc(-c4ccc5c(c4)oc4cc(-c6cccc7sc8cc(-c9ccccc9)ccc8c67)ccc45)n3)cc2)cc1. The van der Waals surface area contributed by atoms with Crippen LogP contribution in [0.4, 0.5) is 0 Å². The minimum atomic E-state index is 0.593. The van der Waals surface area contributed by atoms with Crippen molar-refractivity contribution in [2.45, 2.75) is 0 Å². The Morgan fingerprint density at radius 2 is 0.786 bits per heavy atom. The van der Waals surface area contributed by atoms with Crippen molar-refractivity contribution in [1.82, 2.24) is 15.0 Å². The van der Waals surface area contributed by atoms with Crippen molar-refractivity contribution in [3.8, 4) is 67.5 Å². The minimum absolute atomic E-state index is 0.593. The molecule has 0 N–H and O–H groups in total. The van der Waals surface area contributed by atoms with Crippen LogP contribution in [0.5, 0.6) is 0 Å². The fourth-order valence-corrected chi connectivity index (χ4v) is 8.92. The molecule has 0 aliphatic carbocycles. The smallest absolute Gasteiger partial charge is 0.164 e. The van der Waals surface area contributed by atoms with E-state index in [1.807, 2.05) is 47.7 Å². The number of fused-ring (bicyclic) bond motifs is 6. The van der Waals surface area contributed by atoms with Gasteiger partial charge in [0.1, 0.15) is 11.2 Å². The van der Waals surface area contributed by atoms with Gasteiger partial charge in [-0.05, 0) is 69.8 Å². The number of hydrogen-bond donors (Lipinski definition) is 0. The van der Waals surface area contributed by atoms with Crippen LogP contribution in [0, 0.1) is 0 Å². The van der Waals surface area contributed by atoms with Gasteiger partial charge in [0.15, 0.2) is 17.5 Å². The summed E-state index contributed by atoms with van der Waals surface area (Å²) >= 11 is 1.85. The molecule has 3 aromatic heterocycles. The summed E-state index contributed by atoms with van der Waals surface area (Å²) in [5.41, 5.74) is 11.5. The zero-order valence-corrected chi connectivity index (χ0v) is 30.9. The van der Waals surface area contributed by atoms with Crippen molar-refractivity contribution in [3.63, 3.8) is 0 Å². The molecule has 56 heavy (non-hydrogen) atoms. The summed E-state index contributed by atoms with van der Waals surface area (Å²) in [5, 5.41) is 4.68. The first-order valence-electron chi connectivity index (χ1n) is 18.7. The van der Waals surface area contributed by atoms with E-state index >= 15 is 0 Å². The number of benzene rings is 8. The van der Waals surface area contributed by atoms with Crippen LogP contribution in [0.1, 0.15) is 0 Å². The van der Waals surface area contributed by atoms with Crippen molar-refractivity contribution in [3.05, 3.63) is 188 Å². The highest BCUT2D eigenvalue weighted by Crippen LogP contribution is 2.43. The lowest BCUT2D eigenvalue weighted by molar-refractivity contribution is 0.669. The Hall–Kier alpha value is -7.21. The van der Waals surface area contributed by atoms with Crippen LogP contribution in [0.3, 0.4) is 0 Å². The fraction of sp³-hybridized carbons (Fsp3) is 0. The highest BCUT2D eigenvalue weighted by atomic mass is 32.1. The van der Waals surface area contributed by atoms with E-state index in [4.69, 9.17) is 19.4 Å². The highest BCUT2D eigenvalue weighted by Gasteiger charge is 2.17. The highest BCUT2D eigenvalue weighted by molar-refractivity contribution is 7.26. The maximum atomic E-state index is 6.64. The fourth-order valence-electron chi connectivity index (χ4n) is 7.75. The van der Waals surface area contributed by atoms with Crippen LogP contribution in [0.25, 0.3) is 110 Å². The topological polar surface area (TPSA) is 51.8 Å². The second-order valence-corrected chi connectivity index (χ2v) is 15.1. The molecule has 4 nitrogen and oxygen atoms in total. The van der Waals surface area contributed by atoms with Crippen LogP contribution in [0.2, 0.25) is 0 Å². The van der Waals surface area contributed by atoms with Crippen LogP contribution in [-0.4, -0.2) is 15.0 Å². The molecule has 11 rings (SSSR count). The number of rotatable bonds is 6. The predicted octanol–water partition coefficient (Wildman–Crippen LogP) is 14.1. The molecule has 0 aliphatic heterocycles. The van der Waals surface area contributed by atoms with Gasteiger partial charge in [0.25, 0.3) is 0 Å². The Balaban J connectivity index is 0.986. The molecule has 0 saturated heterocycles. The van der Waals surface area contributed by atoms with Crippen molar-refractivity contribution in [2.75, 3.05) is 0 Å². The van der Waals surface area contributed by atoms with Gasteiger partial charge in [-0.1, -0.05) is 152 Å². The molecule has 0 saturated carbocycles. The number of aromatic nitrogens is 3. The molecule has 0 atom stereocenters. The van der Waals surface area contributed by atoms with Crippen LogP contribution >= 0.6 is 11.3 Å². The molecule has 0 bridgehead atoms. The van der Waals surface area contributed by atoms with Gasteiger partial charge in [0.2, 0.25) is 0 Å². The third-order valence-corrected chi connectivity index (χ3v) is 11.7. The Labute approximate surface area is 327 Å². The maximum absolute atomic E-state index is 6.64. The molecule has 8 aromatic carbocycles. The van der Waals surface area contributed by atoms with E-state index in [1.54, 1.807) is 0 Å². The molecule has 0 fully saturated rings. The van der Waals surface area contributed by atoms with Gasteiger partial charge in [-0.25, -0.2) is 15.0 Å². The molecule has 0 unspecified atom stereocenters. The lowest BCUT2D eigenvalue weighted by Gasteiger charge is -2.09. The number of thiophene rings is 1. The van der Waals surface area contributed by atoms with Gasteiger partial charge < -0.3 is 4.42 Å². The van der Waals surface area contributed by atoms with E-state index in [-0.39, 0.29) is 0 Å². The molecule has 262 valence electrons. The largest absolute Gasteiger partial charge is 0.456 e. The summed E-state index contributed by atoms with van der Waals surface area (Å²) in [6, 6.07) is 65.7. The number of nitrogens with zero attached hydrogens (tertiary/aromatic N) is 3. The first-order valence-corrected chi connectivity index (χ1v) is 19.5. The van der Waals surface area contributed by atoms with E-state index in [0.717, 1.165) is 49.8 Å². The van der Waals surface area contributed by atoms with E-state index < -0.39 is 0 Å². The third-order valence-electron chi connectivity index (χ3n) is 10.6. The van der Waals surface area contributed by atoms with Gasteiger partial charge in [-0.2, -0.15) is 0 Å². The first kappa shape index (κ1) is 32.2. The maximum Gasteiger partial charge on any atom is 0.164 e. The lowest BCUT2D eigenvalue weighted by Crippen LogP contribution is -2.00. The summed E-state index contributed by atoms with van der Waals surface area (Å²) < 4.78 is 9.20. The average Bonchev–Trinajstić information content (AvgIpc) is 3.84. The lowest BCUT2D eigenvalue weighted by atomic mass is 9.97. The Morgan fingerprint density at radius 3 is 1.45 bits per heavy atom. The van der Waals surface area contributed by atoms with Crippen molar-refractivity contribution in [2.24, 2.45) is 0 Å². The second-order valence-electron chi connectivity index (χ2n) is 14.0. The molecule has 0 amide bonds. The zero-order chi connectivity index (χ0) is 37.0. The molecule has 0 aliphatic rings. The van der Waals surface area contributed by atoms with E-state index in [2.05, 4.69) is 152 Å². The van der Waals surface area contributed by atoms with Gasteiger partial charge in [-0.15, -0.1) is 11.3 Å². The monoisotopic (exact) mass is 733 g/mol. The molecular formula is C51H31N3OS. The predicted molar refractivity (Wildman–Crippen MR) is 233 cm³/mol. The molecule has 0 radical (unpaired) electrons. The van der Waals surface area contributed by atoms with Crippen molar-refractivity contribution < 1.29 is 4.42 Å². The molecule has 11 aromatic rings. The first-order chi connectivity index (χ1) is 27.7. The van der Waals surface area contributed by atoms with E-state index in [1.165, 1.54) is 42.4 Å². The number of hydrogen-bond acceptors (Lipinski definition) is 5. The minimum Gasteiger partial charge on any atom is -0.456 e. The Bertz CT molecular complexity index is 3230. The van der Waals surface area contributed by atoms with Crippen molar-refractivity contribution >= 4 is 53.4 Å². The zero-order valence-electron chi connectivity index (χ0n) is 30.1. The summed E-state index contributed by atoms with van der Waals surface area (Å²) in [6.45, 7) is 0. The van der Waals surface area contributed by atoms with E-state index in [9.17, 15) is 0 Å². The van der Waals surface area contributed by atoms with Crippen LogP contribution in [0.15, 0.2) is 192 Å². The molecular weight excluding hydrogens is 703 g/mol. The van der Waals surface area contributed by atoms with Gasteiger partial charge in [0.05, 0.1) is 0 Å². The number of furan rings is 1. The van der Waals surface area contributed by atoms with Gasteiger partial charge in [-0.3, -0.25) is 0 Å². The van der Waals surface area contributed by atoms with Crippen LogP contribution < -0.4 is 0 Å². The average molecular weight is 734 g/mol. The quantitative estimate of drug-likeness (QED) is 0.171. The third kappa shape index (κ3) is 5.65. The Kier molecular flexibility index (Phi) is 7.64. The van der Waals surface area contributed by atoms with Gasteiger partial charge >= 0.3 is 0 Å². The second kappa shape index (κ2) is 13.3. The molecule has 3 heterocycles. The Morgan fingerprint density at radius 1 is 0.321 bits per heavy atom. The van der Waals surface area contributed by atoms with Crippen molar-refractivity contribution in [1.29, 1.82) is 0 Å². The van der Waals surface area contributed by atoms with Crippen LogP contribution in [-0.2, 0) is 0 Å². The summed E-state index contributed by atoms with van der Waals surface area (Å²) in [7, 11) is 0. The van der Waals surface area contributed by atoms with E-state index in [0.29, 0.717) is 17.5 Å². The molecule has 0 spiro atoms. The standard InChI is InChI=1S/C51H31N3OS/c1-4-11-32(12-5-1)34-19-21-36(22-20-34)50-52-49(35-15-8-3-9-16-35)53-51(54-50)39-25-27-42-41-26-24-38(29-44(41)55-45(42)30-39)40-17-10-18-46-48(40)43-28-23-37(31-47(43)56-46)33-13-6-2-7-14-33/h1-31H. The summed E-state index contributed by atoms with van der Waals surface area (Å²) in [5.74, 6) is 1.84. The normalized spacial score (nSPS) is 11.6. The summed E-state index contributed by atoms with van der Waals surface area (Å²) in [6.07, 6.45) is 0. The molecule has 5 heteroatoms. The van der Waals surface area contributed by atoms with Gasteiger partial charge in [0, 0.05) is 47.6 Å². The summed E-state index contributed by atoms with van der Waals surface area (Å²) in [4.78, 5) is 15.0.